The molecule has 4 heteroatoms. The molecule has 1 aromatic heterocycles. The Morgan fingerprint density at radius 1 is 1.12 bits per heavy atom. The largest absolute Gasteiger partial charge is 0.456 e. The van der Waals surface area contributed by atoms with Crippen LogP contribution in [0.25, 0.3) is 0 Å². The van der Waals surface area contributed by atoms with Gasteiger partial charge in [-0.25, -0.2) is 0 Å². The second-order valence-electron chi connectivity index (χ2n) is 3.65. The van der Waals surface area contributed by atoms with E-state index in [1.807, 2.05) is 38.1 Å². The average molecular weight is 215 g/mol. The van der Waals surface area contributed by atoms with E-state index in [-0.39, 0.29) is 0 Å². The molecule has 0 bridgehead atoms. The Morgan fingerprint density at radius 2 is 1.94 bits per heavy atom. The molecule has 82 valence electrons. The maximum atomic E-state index is 5.73. The van der Waals surface area contributed by atoms with E-state index in [4.69, 9.17) is 10.5 Å². The highest BCUT2D eigenvalue weighted by Gasteiger charge is 2.00. The van der Waals surface area contributed by atoms with Crippen LogP contribution >= 0.6 is 0 Å². The maximum absolute atomic E-state index is 5.73. The fraction of sp³-hybridized carbons (Fsp3) is 0.167. The topological polar surface area (TPSA) is 61.0 Å². The van der Waals surface area contributed by atoms with Crippen LogP contribution in [0.15, 0.2) is 30.5 Å². The highest BCUT2D eigenvalue weighted by atomic mass is 16.5. The summed E-state index contributed by atoms with van der Waals surface area (Å²) < 4.78 is 5.64. The van der Waals surface area contributed by atoms with E-state index in [9.17, 15) is 0 Å². The minimum absolute atomic E-state index is 0.677. The van der Waals surface area contributed by atoms with E-state index in [2.05, 4.69) is 10.2 Å². The molecule has 2 N–H and O–H groups in total. The van der Waals surface area contributed by atoms with Gasteiger partial charge in [-0.15, -0.1) is 0 Å². The number of nitrogen functional groups attached to an aromatic ring is 1. The molecule has 2 rings (SSSR count). The molecule has 1 aromatic carbocycles. The Balaban J connectivity index is 2.24. The Bertz CT molecular complexity index is 511. The lowest BCUT2D eigenvalue weighted by Gasteiger charge is -2.07. The van der Waals surface area contributed by atoms with Crippen LogP contribution in [-0.2, 0) is 0 Å². The molecule has 0 fully saturated rings. The van der Waals surface area contributed by atoms with E-state index < -0.39 is 0 Å². The van der Waals surface area contributed by atoms with Gasteiger partial charge in [0.1, 0.15) is 11.5 Å². The SMILES string of the molecule is Cc1cc(Oc2ccc(N)c(C)c2)cnn1. The van der Waals surface area contributed by atoms with E-state index in [1.54, 1.807) is 6.20 Å². The second-order valence-corrected chi connectivity index (χ2v) is 3.65. The molecule has 0 aliphatic rings. The van der Waals surface area contributed by atoms with Gasteiger partial charge >= 0.3 is 0 Å². The number of benzene rings is 1. The molecule has 0 atom stereocenters. The first-order chi connectivity index (χ1) is 7.65. The zero-order chi connectivity index (χ0) is 11.5. The third-order valence-electron chi connectivity index (χ3n) is 2.23. The predicted octanol–water partition coefficient (Wildman–Crippen LogP) is 2.47. The summed E-state index contributed by atoms with van der Waals surface area (Å²) in [6.45, 7) is 3.81. The summed E-state index contributed by atoms with van der Waals surface area (Å²) in [6, 6.07) is 7.38. The molecule has 0 saturated heterocycles. The second kappa shape index (κ2) is 4.18. The normalized spacial score (nSPS) is 10.1. The van der Waals surface area contributed by atoms with Gasteiger partial charge in [0, 0.05) is 11.8 Å². The van der Waals surface area contributed by atoms with Gasteiger partial charge in [-0.2, -0.15) is 10.2 Å². The summed E-state index contributed by atoms with van der Waals surface area (Å²) in [7, 11) is 0. The lowest BCUT2D eigenvalue weighted by Crippen LogP contribution is -1.92. The third kappa shape index (κ3) is 2.28. The predicted molar refractivity (Wildman–Crippen MR) is 62.4 cm³/mol. The van der Waals surface area contributed by atoms with Crippen LogP contribution < -0.4 is 10.5 Å². The van der Waals surface area contributed by atoms with Gasteiger partial charge in [-0.05, 0) is 37.6 Å². The Morgan fingerprint density at radius 3 is 2.62 bits per heavy atom. The van der Waals surface area contributed by atoms with E-state index in [0.717, 1.165) is 22.7 Å². The van der Waals surface area contributed by atoms with Gasteiger partial charge in [0.15, 0.2) is 0 Å². The van der Waals surface area contributed by atoms with Gasteiger partial charge in [-0.3, -0.25) is 0 Å². The highest BCUT2D eigenvalue weighted by Crippen LogP contribution is 2.24. The molecule has 0 aliphatic carbocycles. The van der Waals surface area contributed by atoms with Crippen molar-refractivity contribution >= 4 is 5.69 Å². The number of aromatic nitrogens is 2. The molecule has 0 unspecified atom stereocenters. The molecular formula is C12H13N3O. The molecule has 0 spiro atoms. The fourth-order valence-electron chi connectivity index (χ4n) is 1.35. The first-order valence-electron chi connectivity index (χ1n) is 4.98. The van der Waals surface area contributed by atoms with Crippen molar-refractivity contribution in [2.75, 3.05) is 5.73 Å². The van der Waals surface area contributed by atoms with Crippen LogP contribution in [0.3, 0.4) is 0 Å². The van der Waals surface area contributed by atoms with Crippen LogP contribution in [0.1, 0.15) is 11.3 Å². The van der Waals surface area contributed by atoms with Crippen molar-refractivity contribution in [3.8, 4) is 11.5 Å². The van der Waals surface area contributed by atoms with E-state index in [1.165, 1.54) is 0 Å². The molecular weight excluding hydrogens is 202 g/mol. The average Bonchev–Trinajstić information content (AvgIpc) is 2.24. The van der Waals surface area contributed by atoms with Gasteiger partial charge in [0.2, 0.25) is 0 Å². The number of nitrogens with zero attached hydrogens (tertiary/aromatic N) is 2. The third-order valence-corrected chi connectivity index (χ3v) is 2.23. The molecule has 1 heterocycles. The zero-order valence-electron chi connectivity index (χ0n) is 9.27. The van der Waals surface area contributed by atoms with Crippen molar-refractivity contribution in [3.05, 3.63) is 41.7 Å². The number of hydrogen-bond donors (Lipinski definition) is 1. The Kier molecular flexibility index (Phi) is 2.72. The minimum atomic E-state index is 0.677. The lowest BCUT2D eigenvalue weighted by atomic mass is 10.2. The monoisotopic (exact) mass is 215 g/mol. The first kappa shape index (κ1) is 10.4. The maximum Gasteiger partial charge on any atom is 0.149 e. The smallest absolute Gasteiger partial charge is 0.149 e. The van der Waals surface area contributed by atoms with Gasteiger partial charge in [-0.1, -0.05) is 0 Å². The van der Waals surface area contributed by atoms with Crippen LogP contribution in [0.4, 0.5) is 5.69 Å². The van der Waals surface area contributed by atoms with Crippen molar-refractivity contribution in [2.45, 2.75) is 13.8 Å². The van der Waals surface area contributed by atoms with Crippen LogP contribution in [-0.4, -0.2) is 10.2 Å². The van der Waals surface area contributed by atoms with Crippen molar-refractivity contribution in [3.63, 3.8) is 0 Å². The van der Waals surface area contributed by atoms with E-state index in [0.29, 0.717) is 5.75 Å². The Hall–Kier alpha value is -2.10. The standard InChI is InChI=1S/C12H13N3O/c1-8-5-10(3-4-12(8)13)16-11-6-9(2)15-14-7-11/h3-7H,13H2,1-2H3. The highest BCUT2D eigenvalue weighted by molar-refractivity contribution is 5.50. The van der Waals surface area contributed by atoms with Crippen molar-refractivity contribution in [1.82, 2.24) is 10.2 Å². The Labute approximate surface area is 94.1 Å². The van der Waals surface area contributed by atoms with Crippen LogP contribution in [0.2, 0.25) is 0 Å². The first-order valence-corrected chi connectivity index (χ1v) is 4.98. The van der Waals surface area contributed by atoms with Gasteiger partial charge in [0.25, 0.3) is 0 Å². The molecule has 0 saturated carbocycles. The summed E-state index contributed by atoms with van der Waals surface area (Å²) >= 11 is 0. The molecule has 16 heavy (non-hydrogen) atoms. The van der Waals surface area contributed by atoms with Gasteiger partial charge < -0.3 is 10.5 Å². The quantitative estimate of drug-likeness (QED) is 0.782. The van der Waals surface area contributed by atoms with E-state index >= 15 is 0 Å². The number of ether oxygens (including phenoxy) is 1. The van der Waals surface area contributed by atoms with Crippen LogP contribution in [0, 0.1) is 13.8 Å². The van der Waals surface area contributed by atoms with Crippen molar-refractivity contribution in [1.29, 1.82) is 0 Å². The zero-order valence-corrected chi connectivity index (χ0v) is 9.27. The lowest BCUT2D eigenvalue weighted by molar-refractivity contribution is 0.477. The number of hydrogen-bond acceptors (Lipinski definition) is 4. The fourth-order valence-corrected chi connectivity index (χ4v) is 1.35. The van der Waals surface area contributed by atoms with Crippen LogP contribution in [0.5, 0.6) is 11.5 Å². The minimum Gasteiger partial charge on any atom is -0.456 e. The van der Waals surface area contributed by atoms with Crippen molar-refractivity contribution in [2.24, 2.45) is 0 Å². The molecule has 0 radical (unpaired) electrons. The summed E-state index contributed by atoms with van der Waals surface area (Å²) in [6.07, 6.45) is 1.58. The summed E-state index contributed by atoms with van der Waals surface area (Å²) in [4.78, 5) is 0. The summed E-state index contributed by atoms with van der Waals surface area (Å²) in [5, 5.41) is 7.68. The molecule has 2 aromatic rings. The number of nitrogens with two attached hydrogens (primary N) is 1. The molecule has 0 amide bonds. The number of rotatable bonds is 2. The molecule has 4 nitrogen and oxygen atoms in total. The molecule has 0 aliphatic heterocycles. The van der Waals surface area contributed by atoms with Crippen molar-refractivity contribution < 1.29 is 4.74 Å². The number of anilines is 1. The number of aryl methyl sites for hydroxylation is 2. The van der Waals surface area contributed by atoms with Gasteiger partial charge in [0.05, 0.1) is 11.9 Å². The summed E-state index contributed by atoms with van der Waals surface area (Å²) in [5.41, 5.74) is 8.31. The summed E-state index contributed by atoms with van der Waals surface area (Å²) in [5.74, 6) is 1.43.